The molecular weight excluding hydrogens is 224 g/mol. The largest absolute Gasteiger partial charge is 0.346 e. The number of hydrogen-bond acceptors (Lipinski definition) is 2. The molecule has 1 amide bonds. The summed E-state index contributed by atoms with van der Waals surface area (Å²) >= 11 is 0. The zero-order valence-corrected chi connectivity index (χ0v) is 10.4. The number of pyridine rings is 1. The van der Waals surface area contributed by atoms with Crippen LogP contribution in [0.5, 0.6) is 0 Å². The number of fused-ring (bicyclic) bond motifs is 1. The van der Waals surface area contributed by atoms with Gasteiger partial charge >= 0.3 is 0 Å². The fourth-order valence-electron chi connectivity index (χ4n) is 2.45. The summed E-state index contributed by atoms with van der Waals surface area (Å²) < 4.78 is 0. The number of hydrogen-bond donors (Lipinski definition) is 1. The van der Waals surface area contributed by atoms with Crippen LogP contribution in [0.4, 0.5) is 0 Å². The Kier molecular flexibility index (Phi) is 2.40. The van der Waals surface area contributed by atoms with Crippen molar-refractivity contribution in [2.75, 3.05) is 0 Å². The average Bonchev–Trinajstić information content (AvgIpc) is 2.73. The quantitative estimate of drug-likeness (QED) is 0.829. The molecule has 18 heavy (non-hydrogen) atoms. The predicted octanol–water partition coefficient (Wildman–Crippen LogP) is 2.61. The minimum atomic E-state index is -0.0144. The predicted molar refractivity (Wildman–Crippen MR) is 70.3 cm³/mol. The first-order valence-corrected chi connectivity index (χ1v) is 6.02. The second-order valence-electron chi connectivity index (χ2n) is 4.57. The van der Waals surface area contributed by atoms with Crippen molar-refractivity contribution in [3.05, 3.63) is 52.8 Å². The highest BCUT2D eigenvalue weighted by atomic mass is 16.1. The molecule has 0 unspecified atom stereocenters. The molecule has 3 rings (SSSR count). The van der Waals surface area contributed by atoms with Crippen LogP contribution in [0.25, 0.3) is 11.1 Å². The molecule has 0 saturated carbocycles. The Bertz CT molecular complexity index is 633. The Morgan fingerprint density at radius 3 is 2.56 bits per heavy atom. The van der Waals surface area contributed by atoms with Crippen molar-refractivity contribution < 1.29 is 4.79 Å². The molecular formula is C15H14N2O. The smallest absolute Gasteiger partial charge is 0.254 e. The summed E-state index contributed by atoms with van der Waals surface area (Å²) in [6.45, 7) is 4.55. The molecule has 0 spiro atoms. The fraction of sp³-hybridized carbons (Fsp3) is 0.200. The van der Waals surface area contributed by atoms with Crippen LogP contribution in [0, 0.1) is 13.8 Å². The summed E-state index contributed by atoms with van der Waals surface area (Å²) in [5.41, 5.74) is 5.77. The van der Waals surface area contributed by atoms with E-state index in [1.54, 1.807) is 0 Å². The van der Waals surface area contributed by atoms with Gasteiger partial charge in [0.1, 0.15) is 0 Å². The molecule has 1 aliphatic heterocycles. The maximum atomic E-state index is 12.0. The third-order valence-corrected chi connectivity index (χ3v) is 3.46. The zero-order valence-electron chi connectivity index (χ0n) is 10.4. The van der Waals surface area contributed by atoms with E-state index in [4.69, 9.17) is 0 Å². The van der Waals surface area contributed by atoms with Crippen molar-refractivity contribution in [2.45, 2.75) is 20.4 Å². The van der Waals surface area contributed by atoms with E-state index in [2.05, 4.69) is 10.3 Å². The number of aromatic nitrogens is 1. The van der Waals surface area contributed by atoms with Gasteiger partial charge in [-0.2, -0.15) is 0 Å². The van der Waals surface area contributed by atoms with Gasteiger partial charge in [0.25, 0.3) is 5.91 Å². The summed E-state index contributed by atoms with van der Waals surface area (Å²) in [5.74, 6) is -0.0144. The molecule has 90 valence electrons. The third-order valence-electron chi connectivity index (χ3n) is 3.46. The van der Waals surface area contributed by atoms with Crippen molar-refractivity contribution in [1.29, 1.82) is 0 Å². The van der Waals surface area contributed by atoms with Crippen LogP contribution < -0.4 is 5.32 Å². The van der Waals surface area contributed by atoms with Crippen LogP contribution in [0.2, 0.25) is 0 Å². The van der Waals surface area contributed by atoms with E-state index < -0.39 is 0 Å². The molecule has 0 aliphatic carbocycles. The van der Waals surface area contributed by atoms with Gasteiger partial charge in [0.15, 0.2) is 0 Å². The average molecular weight is 238 g/mol. The number of rotatable bonds is 1. The van der Waals surface area contributed by atoms with Gasteiger partial charge in [-0.25, -0.2) is 0 Å². The number of carbonyl (C=O) groups is 1. The van der Waals surface area contributed by atoms with Gasteiger partial charge in [0.2, 0.25) is 0 Å². The second-order valence-corrected chi connectivity index (χ2v) is 4.57. The molecule has 0 radical (unpaired) electrons. The van der Waals surface area contributed by atoms with Crippen LogP contribution in [-0.4, -0.2) is 10.9 Å². The molecule has 3 nitrogen and oxygen atoms in total. The number of nitrogens with one attached hydrogen (secondary N) is 1. The highest BCUT2D eigenvalue weighted by Gasteiger charge is 2.26. The molecule has 1 aromatic carbocycles. The zero-order chi connectivity index (χ0) is 12.7. The first-order valence-electron chi connectivity index (χ1n) is 6.02. The lowest BCUT2D eigenvalue weighted by molar-refractivity contribution is 0.0966. The van der Waals surface area contributed by atoms with Gasteiger partial charge in [0, 0.05) is 11.3 Å². The number of aryl methyl sites for hydroxylation is 1. The Labute approximate surface area is 106 Å². The van der Waals surface area contributed by atoms with Crippen molar-refractivity contribution in [1.82, 2.24) is 10.3 Å². The summed E-state index contributed by atoms with van der Waals surface area (Å²) in [6.07, 6.45) is 0. The third kappa shape index (κ3) is 1.51. The van der Waals surface area contributed by atoms with Gasteiger partial charge in [-0.1, -0.05) is 30.3 Å². The van der Waals surface area contributed by atoms with Crippen LogP contribution in [0.1, 0.15) is 27.3 Å². The highest BCUT2D eigenvalue weighted by Crippen LogP contribution is 2.32. The first kappa shape index (κ1) is 11.0. The van der Waals surface area contributed by atoms with Crippen LogP contribution in [0.15, 0.2) is 30.3 Å². The summed E-state index contributed by atoms with van der Waals surface area (Å²) in [4.78, 5) is 16.5. The summed E-state index contributed by atoms with van der Waals surface area (Å²) in [5, 5.41) is 2.85. The normalized spacial score (nSPS) is 13.3. The Balaban J connectivity index is 2.35. The molecule has 3 heteroatoms. The first-order chi connectivity index (χ1) is 8.68. The Morgan fingerprint density at radius 1 is 1.11 bits per heavy atom. The molecule has 0 bridgehead atoms. The van der Waals surface area contributed by atoms with Gasteiger partial charge < -0.3 is 5.32 Å². The van der Waals surface area contributed by atoms with E-state index >= 15 is 0 Å². The monoisotopic (exact) mass is 238 g/mol. The molecule has 1 N–H and O–H groups in total. The Hall–Kier alpha value is -2.16. The molecule has 1 aliphatic rings. The minimum Gasteiger partial charge on any atom is -0.346 e. The van der Waals surface area contributed by atoms with E-state index in [1.807, 2.05) is 44.2 Å². The number of nitrogens with zero attached hydrogens (tertiary/aromatic N) is 1. The lowest BCUT2D eigenvalue weighted by Crippen LogP contribution is -2.13. The summed E-state index contributed by atoms with van der Waals surface area (Å²) in [6, 6.07) is 10.0. The highest BCUT2D eigenvalue weighted by molar-refractivity contribution is 6.04. The van der Waals surface area contributed by atoms with Gasteiger partial charge in [-0.05, 0) is 25.0 Å². The van der Waals surface area contributed by atoms with Crippen LogP contribution in [-0.2, 0) is 6.54 Å². The standard InChI is InChI=1S/C15H14N2O/c1-9-10(2)17-12-8-16-15(18)14(12)13(9)11-6-4-3-5-7-11/h3-7H,8H2,1-2H3,(H,16,18). The van der Waals surface area contributed by atoms with Crippen molar-refractivity contribution in [3.63, 3.8) is 0 Å². The van der Waals surface area contributed by atoms with E-state index in [-0.39, 0.29) is 5.91 Å². The van der Waals surface area contributed by atoms with Gasteiger partial charge in [-0.3, -0.25) is 9.78 Å². The van der Waals surface area contributed by atoms with Crippen LogP contribution in [0.3, 0.4) is 0 Å². The van der Waals surface area contributed by atoms with Gasteiger partial charge in [0.05, 0.1) is 17.8 Å². The Morgan fingerprint density at radius 2 is 1.83 bits per heavy atom. The topological polar surface area (TPSA) is 42.0 Å². The van der Waals surface area contributed by atoms with E-state index in [0.29, 0.717) is 6.54 Å². The van der Waals surface area contributed by atoms with E-state index in [1.165, 1.54) is 0 Å². The van der Waals surface area contributed by atoms with Gasteiger partial charge in [-0.15, -0.1) is 0 Å². The van der Waals surface area contributed by atoms with Crippen molar-refractivity contribution in [2.24, 2.45) is 0 Å². The van der Waals surface area contributed by atoms with Crippen molar-refractivity contribution in [3.8, 4) is 11.1 Å². The lowest BCUT2D eigenvalue weighted by atomic mass is 9.94. The SMILES string of the molecule is Cc1nc2c(c(-c3ccccc3)c1C)C(=O)NC2. The lowest BCUT2D eigenvalue weighted by Gasteiger charge is -2.12. The molecule has 0 fully saturated rings. The number of amides is 1. The molecule has 2 aromatic rings. The second kappa shape index (κ2) is 3.95. The maximum Gasteiger partial charge on any atom is 0.254 e. The van der Waals surface area contributed by atoms with E-state index in [0.717, 1.165) is 33.6 Å². The fourth-order valence-corrected chi connectivity index (χ4v) is 2.45. The molecule has 0 atom stereocenters. The van der Waals surface area contributed by atoms with E-state index in [9.17, 15) is 4.79 Å². The maximum absolute atomic E-state index is 12.0. The molecule has 2 heterocycles. The number of benzene rings is 1. The number of carbonyl (C=O) groups excluding carboxylic acids is 1. The minimum absolute atomic E-state index is 0.0144. The summed E-state index contributed by atoms with van der Waals surface area (Å²) in [7, 11) is 0. The van der Waals surface area contributed by atoms with Crippen molar-refractivity contribution >= 4 is 5.91 Å². The molecule has 1 aromatic heterocycles. The van der Waals surface area contributed by atoms with Crippen LogP contribution >= 0.6 is 0 Å². The molecule has 0 saturated heterocycles.